The van der Waals surface area contributed by atoms with E-state index >= 15 is 0 Å². The van der Waals surface area contributed by atoms with E-state index in [2.05, 4.69) is 32.0 Å². The highest BCUT2D eigenvalue weighted by Gasteiger charge is 2.43. The normalized spacial score (nSPS) is 24.1. The molecule has 0 aromatic carbocycles. The van der Waals surface area contributed by atoms with E-state index < -0.39 is 0 Å². The fourth-order valence-electron chi connectivity index (χ4n) is 5.56. The lowest BCUT2D eigenvalue weighted by atomic mass is 9.81. The highest BCUT2D eigenvalue weighted by atomic mass is 16.5. The van der Waals surface area contributed by atoms with Crippen LogP contribution in [-0.2, 0) is 11.3 Å². The number of anilines is 1. The summed E-state index contributed by atoms with van der Waals surface area (Å²) in [6, 6.07) is 8.52. The Morgan fingerprint density at radius 2 is 1.91 bits per heavy atom. The number of aromatic nitrogens is 3. The molecule has 2 aromatic heterocycles. The van der Waals surface area contributed by atoms with Crippen molar-refractivity contribution in [2.45, 2.75) is 50.8 Å². The molecular weight excluding hydrogens is 404 g/mol. The third kappa shape index (κ3) is 4.26. The maximum absolute atomic E-state index is 13.0. The topological polar surface area (TPSA) is 66.7 Å². The van der Waals surface area contributed by atoms with Crippen LogP contribution < -0.4 is 4.90 Å². The van der Waals surface area contributed by atoms with Crippen molar-refractivity contribution >= 4 is 11.7 Å². The number of carbonyl (C=O) groups is 1. The van der Waals surface area contributed by atoms with Gasteiger partial charge in [-0.3, -0.25) is 14.4 Å². The Labute approximate surface area is 190 Å². The smallest absolute Gasteiger partial charge is 0.272 e. The fourth-order valence-corrected chi connectivity index (χ4v) is 5.56. The van der Waals surface area contributed by atoms with E-state index in [-0.39, 0.29) is 11.5 Å². The summed E-state index contributed by atoms with van der Waals surface area (Å²) in [6.45, 7) is 9.25. The Bertz CT molecular complexity index is 900. The molecule has 2 aromatic rings. The van der Waals surface area contributed by atoms with E-state index in [9.17, 15) is 4.79 Å². The van der Waals surface area contributed by atoms with Gasteiger partial charge in [0.1, 0.15) is 11.5 Å². The zero-order valence-corrected chi connectivity index (χ0v) is 19.0. The molecule has 3 saturated heterocycles. The van der Waals surface area contributed by atoms with Gasteiger partial charge in [-0.2, -0.15) is 5.10 Å². The van der Waals surface area contributed by atoms with Crippen molar-refractivity contribution in [3.63, 3.8) is 0 Å². The zero-order chi connectivity index (χ0) is 22.0. The summed E-state index contributed by atoms with van der Waals surface area (Å²) in [4.78, 5) is 24.5. The van der Waals surface area contributed by atoms with Gasteiger partial charge in [-0.25, -0.2) is 4.98 Å². The summed E-state index contributed by atoms with van der Waals surface area (Å²) in [5, 5.41) is 4.25. The van der Waals surface area contributed by atoms with E-state index in [0.29, 0.717) is 18.3 Å². The number of aryl methyl sites for hydroxylation is 1. The van der Waals surface area contributed by atoms with Crippen LogP contribution in [0.15, 0.2) is 36.7 Å². The van der Waals surface area contributed by atoms with Gasteiger partial charge in [0, 0.05) is 70.9 Å². The summed E-state index contributed by atoms with van der Waals surface area (Å²) in [6.07, 6.45) is 7.60. The van der Waals surface area contributed by atoms with Crippen LogP contribution in [-0.4, -0.2) is 88.0 Å². The van der Waals surface area contributed by atoms with Gasteiger partial charge in [0.05, 0.1) is 5.60 Å². The predicted octanol–water partition coefficient (Wildman–Crippen LogP) is 2.27. The monoisotopic (exact) mass is 438 g/mol. The van der Waals surface area contributed by atoms with E-state index in [1.165, 1.54) is 0 Å². The minimum absolute atomic E-state index is 0.0805. The molecule has 1 amide bonds. The molecule has 5 heterocycles. The maximum atomic E-state index is 13.0. The number of hydrogen-bond acceptors (Lipinski definition) is 6. The van der Waals surface area contributed by atoms with Crippen LogP contribution in [0.4, 0.5) is 5.82 Å². The molecule has 8 heteroatoms. The molecule has 5 rings (SSSR count). The van der Waals surface area contributed by atoms with E-state index in [1.807, 2.05) is 30.2 Å². The van der Waals surface area contributed by atoms with E-state index in [0.717, 1.165) is 77.4 Å². The van der Waals surface area contributed by atoms with Crippen LogP contribution in [0.5, 0.6) is 0 Å². The van der Waals surface area contributed by atoms with Crippen molar-refractivity contribution in [3.05, 3.63) is 42.4 Å². The number of amides is 1. The molecule has 0 radical (unpaired) electrons. The third-order valence-corrected chi connectivity index (χ3v) is 7.47. The van der Waals surface area contributed by atoms with Gasteiger partial charge in [0.2, 0.25) is 0 Å². The number of hydrogen-bond donors (Lipinski definition) is 0. The van der Waals surface area contributed by atoms with Crippen LogP contribution >= 0.6 is 0 Å². The number of piperidine rings is 1. The van der Waals surface area contributed by atoms with Crippen molar-refractivity contribution < 1.29 is 9.53 Å². The summed E-state index contributed by atoms with van der Waals surface area (Å²) >= 11 is 0. The Hall–Kier alpha value is -2.45. The Morgan fingerprint density at radius 1 is 1.09 bits per heavy atom. The van der Waals surface area contributed by atoms with Gasteiger partial charge in [0.15, 0.2) is 0 Å². The molecule has 0 N–H and O–H groups in total. The highest BCUT2D eigenvalue weighted by Crippen LogP contribution is 2.37. The molecule has 8 nitrogen and oxygen atoms in total. The minimum Gasteiger partial charge on any atom is -0.375 e. The second-order valence-corrected chi connectivity index (χ2v) is 9.21. The number of nitrogens with zero attached hydrogens (tertiary/aromatic N) is 6. The number of pyridine rings is 1. The maximum Gasteiger partial charge on any atom is 0.272 e. The van der Waals surface area contributed by atoms with Crippen molar-refractivity contribution in [2.75, 3.05) is 50.8 Å². The van der Waals surface area contributed by atoms with Gasteiger partial charge >= 0.3 is 0 Å². The average molecular weight is 439 g/mol. The Kier molecular flexibility index (Phi) is 6.15. The van der Waals surface area contributed by atoms with Crippen molar-refractivity contribution in [2.24, 2.45) is 0 Å². The summed E-state index contributed by atoms with van der Waals surface area (Å²) in [5.74, 6) is 1.18. The quantitative estimate of drug-likeness (QED) is 0.730. The lowest BCUT2D eigenvalue weighted by Gasteiger charge is -2.49. The van der Waals surface area contributed by atoms with E-state index in [4.69, 9.17) is 4.74 Å². The van der Waals surface area contributed by atoms with Crippen LogP contribution in [0, 0.1) is 0 Å². The number of likely N-dealkylation sites (tertiary alicyclic amines) is 1. The first-order valence-corrected chi connectivity index (χ1v) is 12.0. The SMILES string of the molecule is CCn1nccc1C(=O)N1CCC2(CC1)CC(N1CCN(c3ccccn3)CC1)CCO2. The minimum atomic E-state index is -0.0805. The molecule has 0 aliphatic carbocycles. The zero-order valence-electron chi connectivity index (χ0n) is 19.0. The highest BCUT2D eigenvalue weighted by molar-refractivity contribution is 5.92. The van der Waals surface area contributed by atoms with Gasteiger partial charge in [-0.1, -0.05) is 6.07 Å². The number of rotatable bonds is 4. The molecule has 0 bridgehead atoms. The number of ether oxygens (including phenoxy) is 1. The van der Waals surface area contributed by atoms with Crippen LogP contribution in [0.3, 0.4) is 0 Å². The molecule has 1 spiro atoms. The first kappa shape index (κ1) is 21.4. The predicted molar refractivity (Wildman–Crippen MR) is 123 cm³/mol. The van der Waals surface area contributed by atoms with Gasteiger partial charge in [-0.05, 0) is 50.8 Å². The summed E-state index contributed by atoms with van der Waals surface area (Å²) in [5.41, 5.74) is 0.611. The van der Waals surface area contributed by atoms with Crippen LogP contribution in [0.2, 0.25) is 0 Å². The summed E-state index contributed by atoms with van der Waals surface area (Å²) in [7, 11) is 0. The molecule has 32 heavy (non-hydrogen) atoms. The Balaban J connectivity index is 1.16. The first-order chi connectivity index (χ1) is 15.7. The average Bonchev–Trinajstić information content (AvgIpc) is 3.34. The summed E-state index contributed by atoms with van der Waals surface area (Å²) < 4.78 is 8.16. The van der Waals surface area contributed by atoms with Crippen molar-refractivity contribution in [1.29, 1.82) is 0 Å². The third-order valence-electron chi connectivity index (χ3n) is 7.47. The molecule has 0 saturated carbocycles. The van der Waals surface area contributed by atoms with Crippen molar-refractivity contribution in [1.82, 2.24) is 24.6 Å². The molecule has 1 atom stereocenters. The first-order valence-electron chi connectivity index (χ1n) is 12.0. The van der Waals surface area contributed by atoms with Crippen LogP contribution in [0.25, 0.3) is 0 Å². The van der Waals surface area contributed by atoms with E-state index in [1.54, 1.807) is 10.9 Å². The molecular formula is C24H34N6O2. The lowest BCUT2D eigenvalue weighted by molar-refractivity contribution is -0.130. The molecule has 3 aliphatic heterocycles. The second-order valence-electron chi connectivity index (χ2n) is 9.21. The number of piperazine rings is 1. The fraction of sp³-hybridized carbons (Fsp3) is 0.625. The molecule has 3 fully saturated rings. The molecule has 3 aliphatic rings. The number of carbonyl (C=O) groups excluding carboxylic acids is 1. The largest absolute Gasteiger partial charge is 0.375 e. The van der Waals surface area contributed by atoms with Gasteiger partial charge < -0.3 is 14.5 Å². The van der Waals surface area contributed by atoms with Crippen LogP contribution in [0.1, 0.15) is 43.1 Å². The Morgan fingerprint density at radius 3 is 2.62 bits per heavy atom. The standard InChI is InChI=1S/C24H34N6O2/c1-2-30-21(6-11-26-30)23(31)29-12-8-24(9-13-29)19-20(7-18-32-24)27-14-16-28(17-15-27)22-5-3-4-10-25-22/h3-6,10-11,20H,2,7-9,12-19H2,1H3. The molecule has 1 unspecified atom stereocenters. The van der Waals surface area contributed by atoms with Gasteiger partial charge in [0.25, 0.3) is 5.91 Å². The van der Waals surface area contributed by atoms with Crippen molar-refractivity contribution in [3.8, 4) is 0 Å². The van der Waals surface area contributed by atoms with Gasteiger partial charge in [-0.15, -0.1) is 0 Å². The molecule has 172 valence electrons. The lowest BCUT2D eigenvalue weighted by Crippen LogP contribution is -2.57. The second kappa shape index (κ2) is 9.19.